The molecule has 1 aliphatic rings. The van der Waals surface area contributed by atoms with Crippen LogP contribution in [-0.2, 0) is 18.3 Å². The number of guanidine groups is 1. The van der Waals surface area contributed by atoms with Crippen LogP contribution < -0.4 is 10.6 Å². The Morgan fingerprint density at radius 2 is 1.81 bits per heavy atom. The molecular formula is C23H37IN6O. The molecule has 172 valence electrons. The van der Waals surface area contributed by atoms with E-state index < -0.39 is 0 Å². The van der Waals surface area contributed by atoms with Crippen molar-refractivity contribution in [2.75, 3.05) is 39.4 Å². The number of nitrogens with one attached hydrogen (secondary N) is 2. The highest BCUT2D eigenvalue weighted by Gasteiger charge is 2.23. The number of benzene rings is 1. The molecule has 1 aliphatic heterocycles. The molecule has 0 saturated carbocycles. The summed E-state index contributed by atoms with van der Waals surface area (Å²) in [5.74, 6) is 0.838. The lowest BCUT2D eigenvalue weighted by Crippen LogP contribution is -2.46. The first kappa shape index (κ1) is 25.6. The van der Waals surface area contributed by atoms with Gasteiger partial charge in [-0.15, -0.1) is 24.0 Å². The Kier molecular flexibility index (Phi) is 10.2. The number of hydrogen-bond acceptors (Lipinski definition) is 4. The number of hydrogen-bond donors (Lipinski definition) is 2. The van der Waals surface area contributed by atoms with Gasteiger partial charge in [-0.2, -0.15) is 5.10 Å². The highest BCUT2D eigenvalue weighted by atomic mass is 127. The van der Waals surface area contributed by atoms with Crippen LogP contribution in [0.15, 0.2) is 29.3 Å². The highest BCUT2D eigenvalue weighted by molar-refractivity contribution is 14.0. The molecule has 2 aromatic rings. The van der Waals surface area contributed by atoms with Gasteiger partial charge in [0.05, 0.1) is 31.5 Å². The predicted molar refractivity (Wildman–Crippen MR) is 137 cm³/mol. The van der Waals surface area contributed by atoms with E-state index in [4.69, 9.17) is 9.73 Å². The first-order chi connectivity index (χ1) is 14.5. The second-order valence-electron chi connectivity index (χ2n) is 7.92. The van der Waals surface area contributed by atoms with Crippen LogP contribution in [0.25, 0.3) is 0 Å². The summed E-state index contributed by atoms with van der Waals surface area (Å²) in [5, 5.41) is 11.5. The van der Waals surface area contributed by atoms with Crippen LogP contribution >= 0.6 is 24.0 Å². The molecule has 0 spiro atoms. The summed E-state index contributed by atoms with van der Waals surface area (Å²) in [4.78, 5) is 7.34. The summed E-state index contributed by atoms with van der Waals surface area (Å²) in [6.07, 6.45) is 0. The van der Waals surface area contributed by atoms with Crippen molar-refractivity contribution in [3.8, 4) is 0 Å². The van der Waals surface area contributed by atoms with Crippen LogP contribution in [0.2, 0.25) is 0 Å². The lowest BCUT2D eigenvalue weighted by molar-refractivity contribution is 0.0170. The number of rotatable bonds is 7. The molecular weight excluding hydrogens is 503 g/mol. The molecule has 1 aromatic carbocycles. The van der Waals surface area contributed by atoms with E-state index in [1.54, 1.807) is 0 Å². The maximum atomic E-state index is 5.57. The first-order valence-electron chi connectivity index (χ1n) is 10.9. The molecule has 1 saturated heterocycles. The maximum absolute atomic E-state index is 5.57. The summed E-state index contributed by atoms with van der Waals surface area (Å²) in [6, 6.07) is 9.14. The van der Waals surface area contributed by atoms with Crippen molar-refractivity contribution >= 4 is 29.9 Å². The maximum Gasteiger partial charge on any atom is 0.191 e. The van der Waals surface area contributed by atoms with E-state index in [9.17, 15) is 0 Å². The second-order valence-corrected chi connectivity index (χ2v) is 7.92. The van der Waals surface area contributed by atoms with E-state index >= 15 is 0 Å². The van der Waals surface area contributed by atoms with Crippen molar-refractivity contribution in [1.82, 2.24) is 25.3 Å². The average molecular weight is 540 g/mol. The zero-order valence-corrected chi connectivity index (χ0v) is 21.8. The monoisotopic (exact) mass is 540 g/mol. The molecule has 2 N–H and O–H groups in total. The fraction of sp³-hybridized carbons (Fsp3) is 0.565. The Labute approximate surface area is 203 Å². The van der Waals surface area contributed by atoms with Gasteiger partial charge < -0.3 is 15.4 Å². The standard InChI is InChI=1S/C23H36N6O.HI/c1-6-24-23(25-15-21-18(3)27-28(5)19(21)4)26-16-22(29-11-13-30-14-12-29)20-9-7-17(2)8-10-20;/h7-10,22H,6,11-16H2,1-5H3,(H2,24,25,26);1H. The third kappa shape index (κ3) is 6.92. The largest absolute Gasteiger partial charge is 0.379 e. The van der Waals surface area contributed by atoms with Crippen LogP contribution in [0.3, 0.4) is 0 Å². The first-order valence-corrected chi connectivity index (χ1v) is 10.9. The normalized spacial score (nSPS) is 16.0. The summed E-state index contributed by atoms with van der Waals surface area (Å²) in [5.41, 5.74) is 6.01. The summed E-state index contributed by atoms with van der Waals surface area (Å²) < 4.78 is 7.50. The summed E-state index contributed by atoms with van der Waals surface area (Å²) in [6.45, 7) is 14.1. The van der Waals surface area contributed by atoms with E-state index in [1.807, 2.05) is 18.7 Å². The van der Waals surface area contributed by atoms with Crippen LogP contribution in [0.5, 0.6) is 0 Å². The molecule has 0 radical (unpaired) electrons. The zero-order valence-electron chi connectivity index (χ0n) is 19.4. The van der Waals surface area contributed by atoms with Gasteiger partial charge in [-0.3, -0.25) is 9.58 Å². The zero-order chi connectivity index (χ0) is 21.5. The van der Waals surface area contributed by atoms with Crippen LogP contribution in [0.4, 0.5) is 0 Å². The van der Waals surface area contributed by atoms with Gasteiger partial charge in [-0.1, -0.05) is 29.8 Å². The number of morpholine rings is 1. The van der Waals surface area contributed by atoms with E-state index in [0.717, 1.165) is 56.7 Å². The van der Waals surface area contributed by atoms with Gasteiger partial charge >= 0.3 is 0 Å². The fourth-order valence-corrected chi connectivity index (χ4v) is 3.88. The van der Waals surface area contributed by atoms with Crippen molar-refractivity contribution < 1.29 is 4.74 Å². The van der Waals surface area contributed by atoms with E-state index in [2.05, 4.69) is 65.7 Å². The third-order valence-electron chi connectivity index (χ3n) is 5.81. The average Bonchev–Trinajstić information content (AvgIpc) is 2.99. The van der Waals surface area contributed by atoms with E-state index in [-0.39, 0.29) is 30.0 Å². The van der Waals surface area contributed by atoms with E-state index in [1.165, 1.54) is 16.7 Å². The molecule has 0 amide bonds. The second kappa shape index (κ2) is 12.4. The molecule has 1 atom stereocenters. The molecule has 0 aliphatic carbocycles. The summed E-state index contributed by atoms with van der Waals surface area (Å²) in [7, 11) is 1.98. The van der Waals surface area contributed by atoms with Gasteiger partial charge in [0.2, 0.25) is 0 Å². The number of nitrogens with zero attached hydrogens (tertiary/aromatic N) is 4. The molecule has 3 rings (SSSR count). The number of halogens is 1. The Hall–Kier alpha value is -1.65. The molecule has 0 bridgehead atoms. The van der Waals surface area contributed by atoms with Gasteiger partial charge in [-0.05, 0) is 33.3 Å². The number of aliphatic imine (C=N–C) groups is 1. The predicted octanol–water partition coefficient (Wildman–Crippen LogP) is 3.09. The van der Waals surface area contributed by atoms with Crippen molar-refractivity contribution in [3.05, 3.63) is 52.3 Å². The minimum atomic E-state index is 0. The third-order valence-corrected chi connectivity index (χ3v) is 5.81. The van der Waals surface area contributed by atoms with Crippen molar-refractivity contribution in [3.63, 3.8) is 0 Å². The molecule has 1 aromatic heterocycles. The number of aromatic nitrogens is 2. The van der Waals surface area contributed by atoms with Gasteiger partial charge in [-0.25, -0.2) is 4.99 Å². The van der Waals surface area contributed by atoms with Gasteiger partial charge in [0.1, 0.15) is 0 Å². The molecule has 31 heavy (non-hydrogen) atoms. The van der Waals surface area contributed by atoms with Crippen molar-refractivity contribution in [1.29, 1.82) is 0 Å². The van der Waals surface area contributed by atoms with E-state index in [0.29, 0.717) is 6.54 Å². The smallest absolute Gasteiger partial charge is 0.191 e. The molecule has 2 heterocycles. The molecule has 1 fully saturated rings. The highest BCUT2D eigenvalue weighted by Crippen LogP contribution is 2.22. The number of aryl methyl sites for hydroxylation is 3. The van der Waals surface area contributed by atoms with Crippen LogP contribution in [0, 0.1) is 20.8 Å². The fourth-order valence-electron chi connectivity index (χ4n) is 3.88. The number of ether oxygens (including phenoxy) is 1. The van der Waals surface area contributed by atoms with Crippen LogP contribution in [-0.4, -0.2) is 60.0 Å². The minimum Gasteiger partial charge on any atom is -0.379 e. The van der Waals surface area contributed by atoms with Gasteiger partial charge in [0, 0.05) is 44.5 Å². The Morgan fingerprint density at radius 1 is 1.13 bits per heavy atom. The molecule has 7 nitrogen and oxygen atoms in total. The lowest BCUT2D eigenvalue weighted by atomic mass is 10.0. The van der Waals surface area contributed by atoms with Gasteiger partial charge in [0.15, 0.2) is 5.96 Å². The van der Waals surface area contributed by atoms with Crippen LogP contribution in [0.1, 0.15) is 41.0 Å². The van der Waals surface area contributed by atoms with Gasteiger partial charge in [0.25, 0.3) is 0 Å². The molecule has 8 heteroatoms. The Balaban J connectivity index is 0.00000341. The summed E-state index contributed by atoms with van der Waals surface area (Å²) >= 11 is 0. The van der Waals surface area contributed by atoms with Crippen molar-refractivity contribution in [2.24, 2.45) is 12.0 Å². The SMILES string of the molecule is CCNC(=NCc1c(C)nn(C)c1C)NCC(c1ccc(C)cc1)N1CCOCC1.I. The quantitative estimate of drug-likeness (QED) is 0.321. The lowest BCUT2D eigenvalue weighted by Gasteiger charge is -2.35. The topological polar surface area (TPSA) is 66.7 Å². The Morgan fingerprint density at radius 3 is 2.39 bits per heavy atom. The van der Waals surface area contributed by atoms with Crippen molar-refractivity contribution in [2.45, 2.75) is 40.3 Å². The molecule has 1 unspecified atom stereocenters. The Bertz CT molecular complexity index is 842. The minimum absolute atomic E-state index is 0.